The number of nitrogens with zero attached hydrogens (tertiary/aromatic N) is 3. The van der Waals surface area contributed by atoms with E-state index >= 15 is 0 Å². The van der Waals surface area contributed by atoms with Crippen LogP contribution in [0.3, 0.4) is 0 Å². The quantitative estimate of drug-likeness (QED) is 0.364. The van der Waals surface area contributed by atoms with Gasteiger partial charge in [0.05, 0.1) is 17.8 Å². The van der Waals surface area contributed by atoms with Crippen LogP contribution in [0.5, 0.6) is 0 Å². The van der Waals surface area contributed by atoms with Gasteiger partial charge < -0.3 is 16.0 Å². The number of rotatable bonds is 5. The summed E-state index contributed by atoms with van der Waals surface area (Å²) >= 11 is 0. The molecule has 3 amide bonds. The van der Waals surface area contributed by atoms with Gasteiger partial charge in [0.25, 0.3) is 5.91 Å². The number of amides is 3. The van der Waals surface area contributed by atoms with Gasteiger partial charge in [0.1, 0.15) is 5.69 Å². The number of anilines is 2. The molecule has 0 unspecified atom stereocenters. The van der Waals surface area contributed by atoms with Crippen LogP contribution in [0.4, 0.5) is 29.3 Å². The van der Waals surface area contributed by atoms with Crippen LogP contribution in [-0.2, 0) is 6.18 Å². The Balaban J connectivity index is 1.45. The molecule has 1 atom stereocenters. The first-order valence-corrected chi connectivity index (χ1v) is 10.6. The molecule has 0 bridgehead atoms. The average Bonchev–Trinajstić information content (AvgIpc) is 3.24. The highest BCUT2D eigenvalue weighted by atomic mass is 19.4. The van der Waals surface area contributed by atoms with Crippen LogP contribution in [0.2, 0.25) is 0 Å². The first-order valence-electron chi connectivity index (χ1n) is 10.6. The lowest BCUT2D eigenvalue weighted by Gasteiger charge is -2.18. The molecule has 4 rings (SSSR count). The van der Waals surface area contributed by atoms with E-state index in [2.05, 4.69) is 25.9 Å². The fourth-order valence-electron chi connectivity index (χ4n) is 3.45. The fourth-order valence-corrected chi connectivity index (χ4v) is 3.45. The van der Waals surface area contributed by atoms with E-state index in [-0.39, 0.29) is 11.6 Å². The number of urea groups is 1. The molecule has 0 radical (unpaired) electrons. The Morgan fingerprint density at radius 3 is 2.60 bits per heavy atom. The number of aromatic nitrogens is 3. The number of benzene rings is 2. The van der Waals surface area contributed by atoms with Crippen LogP contribution in [-0.4, -0.2) is 26.3 Å². The fraction of sp³-hybridized carbons (Fsp3) is 0.167. The van der Waals surface area contributed by atoms with E-state index < -0.39 is 23.8 Å². The molecule has 2 heterocycles. The molecule has 11 heteroatoms. The first-order chi connectivity index (χ1) is 16.6. The van der Waals surface area contributed by atoms with Gasteiger partial charge in [-0.05, 0) is 55.3 Å². The highest BCUT2D eigenvalue weighted by molar-refractivity contribution is 6.03. The Morgan fingerprint density at radius 1 is 1.03 bits per heavy atom. The van der Waals surface area contributed by atoms with Crippen molar-refractivity contribution in [3.05, 3.63) is 89.5 Å². The third-order valence-corrected chi connectivity index (χ3v) is 5.33. The first kappa shape index (κ1) is 23.7. The van der Waals surface area contributed by atoms with Gasteiger partial charge in [-0.15, -0.1) is 0 Å². The smallest absolute Gasteiger partial charge is 0.331 e. The van der Waals surface area contributed by atoms with Gasteiger partial charge in [-0.25, -0.2) is 14.8 Å². The van der Waals surface area contributed by atoms with Crippen molar-refractivity contribution in [1.29, 1.82) is 0 Å². The molecule has 2 aromatic heterocycles. The minimum absolute atomic E-state index is 0.0175. The topological polar surface area (TPSA) is 100 Å². The molecule has 0 saturated carbocycles. The largest absolute Gasteiger partial charge is 0.416 e. The standard InChI is InChI=1S/C24H21F3N6O2/c1-14-7-8-16(11-19(14)32-21(34)20-13-29-22-28-9-4-10-33(20)22)15(2)30-23(35)31-18-6-3-5-17(12-18)24(25,26)27/h3-13,15H,1-2H3,(H,32,34)(H2,30,31,35)/t15-/m0/s1. The summed E-state index contributed by atoms with van der Waals surface area (Å²) in [6.07, 6.45) is 0.181. The highest BCUT2D eigenvalue weighted by Gasteiger charge is 2.30. The summed E-state index contributed by atoms with van der Waals surface area (Å²) in [5.41, 5.74) is 1.50. The number of aryl methyl sites for hydroxylation is 1. The van der Waals surface area contributed by atoms with Gasteiger partial charge in [0.2, 0.25) is 5.78 Å². The lowest BCUT2D eigenvalue weighted by Crippen LogP contribution is -2.31. The number of carbonyl (C=O) groups is 2. The second-order valence-electron chi connectivity index (χ2n) is 7.86. The van der Waals surface area contributed by atoms with Crippen molar-refractivity contribution in [2.24, 2.45) is 0 Å². The molecule has 2 aromatic carbocycles. The van der Waals surface area contributed by atoms with E-state index in [4.69, 9.17) is 0 Å². The van der Waals surface area contributed by atoms with Gasteiger partial charge >= 0.3 is 12.2 Å². The summed E-state index contributed by atoms with van der Waals surface area (Å²) in [6, 6.07) is 10.2. The van der Waals surface area contributed by atoms with Crippen molar-refractivity contribution in [2.75, 3.05) is 10.6 Å². The molecular formula is C24H21F3N6O2. The third kappa shape index (κ3) is 5.40. The monoisotopic (exact) mass is 482 g/mol. The maximum atomic E-state index is 12.9. The lowest BCUT2D eigenvalue weighted by molar-refractivity contribution is -0.137. The molecule has 180 valence electrons. The molecule has 0 spiro atoms. The SMILES string of the molecule is Cc1ccc([C@H](C)NC(=O)Nc2cccc(C(F)(F)F)c2)cc1NC(=O)c1cnc2ncccn12. The zero-order valence-electron chi connectivity index (χ0n) is 18.7. The van der Waals surface area contributed by atoms with E-state index in [0.29, 0.717) is 22.7 Å². The maximum absolute atomic E-state index is 12.9. The van der Waals surface area contributed by atoms with Crippen molar-refractivity contribution in [3.63, 3.8) is 0 Å². The van der Waals surface area contributed by atoms with Gasteiger partial charge in [-0.2, -0.15) is 13.2 Å². The second-order valence-corrected chi connectivity index (χ2v) is 7.86. The normalized spacial score (nSPS) is 12.3. The Kier molecular flexibility index (Phi) is 6.41. The summed E-state index contributed by atoms with van der Waals surface area (Å²) in [5, 5.41) is 7.95. The Hall–Kier alpha value is -4.41. The Labute approximate surface area is 198 Å². The van der Waals surface area contributed by atoms with Crippen molar-refractivity contribution < 1.29 is 22.8 Å². The van der Waals surface area contributed by atoms with Crippen LogP contribution in [0.25, 0.3) is 5.78 Å². The number of hydrogen-bond donors (Lipinski definition) is 3. The number of imidazole rings is 1. The number of alkyl halides is 3. The van der Waals surface area contributed by atoms with Crippen LogP contribution >= 0.6 is 0 Å². The second kappa shape index (κ2) is 9.45. The molecule has 8 nitrogen and oxygen atoms in total. The van der Waals surface area contributed by atoms with Crippen molar-refractivity contribution in [1.82, 2.24) is 19.7 Å². The molecule has 0 aliphatic rings. The lowest BCUT2D eigenvalue weighted by atomic mass is 10.0. The van der Waals surface area contributed by atoms with Crippen LogP contribution in [0, 0.1) is 6.92 Å². The van der Waals surface area contributed by atoms with Crippen molar-refractivity contribution >= 4 is 29.1 Å². The molecule has 0 saturated heterocycles. The molecule has 0 aliphatic carbocycles. The molecule has 0 fully saturated rings. The summed E-state index contributed by atoms with van der Waals surface area (Å²) in [7, 11) is 0. The molecule has 35 heavy (non-hydrogen) atoms. The van der Waals surface area contributed by atoms with E-state index in [9.17, 15) is 22.8 Å². The minimum Gasteiger partial charge on any atom is -0.331 e. The van der Waals surface area contributed by atoms with E-state index in [0.717, 1.165) is 17.7 Å². The predicted molar refractivity (Wildman–Crippen MR) is 124 cm³/mol. The van der Waals surface area contributed by atoms with Crippen LogP contribution < -0.4 is 16.0 Å². The number of hydrogen-bond acceptors (Lipinski definition) is 4. The van der Waals surface area contributed by atoms with Gasteiger partial charge in [0, 0.05) is 23.8 Å². The summed E-state index contributed by atoms with van der Waals surface area (Å²) in [5.74, 6) is 0.0152. The molecule has 4 aromatic rings. The van der Waals surface area contributed by atoms with E-state index in [1.54, 1.807) is 48.0 Å². The number of fused-ring (bicyclic) bond motifs is 1. The summed E-state index contributed by atoms with van der Waals surface area (Å²) in [4.78, 5) is 33.4. The van der Waals surface area contributed by atoms with Gasteiger partial charge in [-0.1, -0.05) is 18.2 Å². The predicted octanol–water partition coefficient (Wildman–Crippen LogP) is 5.19. The minimum atomic E-state index is -4.51. The van der Waals surface area contributed by atoms with E-state index in [1.807, 2.05) is 6.92 Å². The Bertz CT molecular complexity index is 1400. The van der Waals surface area contributed by atoms with Gasteiger partial charge in [-0.3, -0.25) is 9.20 Å². The number of carbonyl (C=O) groups excluding carboxylic acids is 2. The zero-order chi connectivity index (χ0) is 25.2. The van der Waals surface area contributed by atoms with E-state index in [1.165, 1.54) is 18.3 Å². The number of halogens is 3. The highest BCUT2D eigenvalue weighted by Crippen LogP contribution is 2.30. The average molecular weight is 482 g/mol. The van der Waals surface area contributed by atoms with Crippen LogP contribution in [0.15, 0.2) is 67.1 Å². The van der Waals surface area contributed by atoms with Crippen molar-refractivity contribution in [3.8, 4) is 0 Å². The maximum Gasteiger partial charge on any atom is 0.416 e. The van der Waals surface area contributed by atoms with Crippen LogP contribution in [0.1, 0.15) is 40.1 Å². The molecule has 3 N–H and O–H groups in total. The molecular weight excluding hydrogens is 461 g/mol. The van der Waals surface area contributed by atoms with Gasteiger partial charge in [0.15, 0.2) is 0 Å². The molecule has 0 aliphatic heterocycles. The number of nitrogens with one attached hydrogen (secondary N) is 3. The zero-order valence-corrected chi connectivity index (χ0v) is 18.7. The summed E-state index contributed by atoms with van der Waals surface area (Å²) < 4.78 is 40.3. The Morgan fingerprint density at radius 2 is 1.83 bits per heavy atom. The summed E-state index contributed by atoms with van der Waals surface area (Å²) in [6.45, 7) is 3.55. The van der Waals surface area contributed by atoms with Crippen molar-refractivity contribution in [2.45, 2.75) is 26.1 Å². The third-order valence-electron chi connectivity index (χ3n) is 5.33.